The highest BCUT2D eigenvalue weighted by Gasteiger charge is 2.46. The molecule has 8 nitrogen and oxygen atoms in total. The number of carbonyl (C=O) groups is 2. The minimum absolute atomic E-state index is 0.0261. The van der Waals surface area contributed by atoms with Crippen molar-refractivity contribution in [1.29, 1.82) is 0 Å². The van der Waals surface area contributed by atoms with Crippen LogP contribution in [0.2, 0.25) is 0 Å². The Balaban J connectivity index is 2.15. The highest BCUT2D eigenvalue weighted by molar-refractivity contribution is 6.46. The Morgan fingerprint density at radius 1 is 1.00 bits per heavy atom. The van der Waals surface area contributed by atoms with Crippen molar-refractivity contribution in [3.8, 4) is 17.2 Å². The first-order chi connectivity index (χ1) is 16.4. The number of aliphatic hydroxyl groups is 1. The molecule has 1 fully saturated rings. The zero-order valence-electron chi connectivity index (χ0n) is 20.2. The Labute approximate surface area is 199 Å². The molecule has 0 radical (unpaired) electrons. The van der Waals surface area contributed by atoms with Crippen molar-refractivity contribution in [1.82, 2.24) is 4.90 Å². The molecule has 1 amide bonds. The van der Waals surface area contributed by atoms with Crippen LogP contribution in [0.1, 0.15) is 36.1 Å². The predicted molar refractivity (Wildman–Crippen MR) is 127 cm³/mol. The van der Waals surface area contributed by atoms with Gasteiger partial charge in [0.15, 0.2) is 11.5 Å². The maximum Gasteiger partial charge on any atom is 0.295 e. The van der Waals surface area contributed by atoms with Gasteiger partial charge in [0, 0.05) is 25.8 Å². The van der Waals surface area contributed by atoms with Gasteiger partial charge in [0.05, 0.1) is 32.4 Å². The van der Waals surface area contributed by atoms with Gasteiger partial charge < -0.3 is 29.0 Å². The van der Waals surface area contributed by atoms with Crippen LogP contribution in [0.25, 0.3) is 5.76 Å². The number of benzene rings is 2. The van der Waals surface area contributed by atoms with Gasteiger partial charge in [-0.05, 0) is 61.7 Å². The Morgan fingerprint density at radius 3 is 2.32 bits per heavy atom. The molecule has 3 rings (SSSR count). The number of nitrogens with zero attached hydrogens (tertiary/aromatic N) is 1. The van der Waals surface area contributed by atoms with Crippen LogP contribution in [0.5, 0.6) is 17.2 Å². The van der Waals surface area contributed by atoms with E-state index in [0.717, 1.165) is 5.56 Å². The minimum Gasteiger partial charge on any atom is -0.507 e. The standard InChI is InChI=1S/C26H31NO7/c1-6-34-19-10-9-18(14-16(19)2)24(28)22-23(17-8-11-20(32-4)21(15-17)33-5)27(12-7-13-31-3)26(30)25(22)29/h8-11,14-15,23,28H,6-7,12-13H2,1-5H3/b24-22-. The van der Waals surface area contributed by atoms with Crippen LogP contribution in [0.3, 0.4) is 0 Å². The summed E-state index contributed by atoms with van der Waals surface area (Å²) in [5, 5.41) is 11.3. The number of ketones is 1. The Morgan fingerprint density at radius 2 is 1.71 bits per heavy atom. The number of methoxy groups -OCH3 is 3. The van der Waals surface area contributed by atoms with Crippen LogP contribution in [0.15, 0.2) is 42.0 Å². The smallest absolute Gasteiger partial charge is 0.295 e. The lowest BCUT2D eigenvalue weighted by molar-refractivity contribution is -0.140. The lowest BCUT2D eigenvalue weighted by Gasteiger charge is -2.26. The van der Waals surface area contributed by atoms with Crippen molar-refractivity contribution in [2.75, 3.05) is 41.1 Å². The van der Waals surface area contributed by atoms with E-state index in [0.29, 0.717) is 48.0 Å². The number of ether oxygens (including phenoxy) is 4. The van der Waals surface area contributed by atoms with Crippen molar-refractivity contribution in [2.24, 2.45) is 0 Å². The van der Waals surface area contributed by atoms with Crippen LogP contribution in [-0.4, -0.2) is 62.8 Å². The fraction of sp³-hybridized carbons (Fsp3) is 0.385. The molecule has 1 unspecified atom stereocenters. The number of Topliss-reactive ketones (excluding diaryl/α,β-unsaturated/α-hetero) is 1. The average Bonchev–Trinajstić information content (AvgIpc) is 3.09. The number of hydrogen-bond acceptors (Lipinski definition) is 7. The summed E-state index contributed by atoms with van der Waals surface area (Å²) in [6.07, 6.45) is 0.537. The fourth-order valence-electron chi connectivity index (χ4n) is 4.13. The summed E-state index contributed by atoms with van der Waals surface area (Å²) < 4.78 is 21.5. The van der Waals surface area contributed by atoms with Gasteiger partial charge in [-0.1, -0.05) is 6.07 Å². The molecule has 1 heterocycles. The lowest BCUT2D eigenvalue weighted by Crippen LogP contribution is -2.31. The van der Waals surface area contributed by atoms with Crippen molar-refractivity contribution in [3.63, 3.8) is 0 Å². The van der Waals surface area contributed by atoms with Gasteiger partial charge in [0.25, 0.3) is 11.7 Å². The van der Waals surface area contributed by atoms with E-state index in [9.17, 15) is 14.7 Å². The highest BCUT2D eigenvalue weighted by atomic mass is 16.5. The van der Waals surface area contributed by atoms with Crippen molar-refractivity contribution in [3.05, 3.63) is 58.7 Å². The van der Waals surface area contributed by atoms with Crippen molar-refractivity contribution in [2.45, 2.75) is 26.3 Å². The molecular formula is C26H31NO7. The molecule has 2 aromatic rings. The first kappa shape index (κ1) is 25.1. The summed E-state index contributed by atoms with van der Waals surface area (Å²) in [5.41, 5.74) is 1.89. The maximum absolute atomic E-state index is 13.2. The first-order valence-corrected chi connectivity index (χ1v) is 11.1. The summed E-state index contributed by atoms with van der Waals surface area (Å²) in [4.78, 5) is 27.7. The quantitative estimate of drug-likeness (QED) is 0.244. The summed E-state index contributed by atoms with van der Waals surface area (Å²) in [6, 6.07) is 9.57. The third-order valence-corrected chi connectivity index (χ3v) is 5.76. The van der Waals surface area contributed by atoms with Gasteiger partial charge in [0.2, 0.25) is 0 Å². The second-order valence-electron chi connectivity index (χ2n) is 7.87. The lowest BCUT2D eigenvalue weighted by atomic mass is 9.94. The Hall–Kier alpha value is -3.52. The number of carbonyl (C=O) groups excluding carboxylic acids is 2. The zero-order chi connectivity index (χ0) is 24.8. The third-order valence-electron chi connectivity index (χ3n) is 5.76. The average molecular weight is 470 g/mol. The van der Waals surface area contributed by atoms with Crippen LogP contribution in [-0.2, 0) is 14.3 Å². The van der Waals surface area contributed by atoms with Crippen molar-refractivity contribution < 1.29 is 33.6 Å². The van der Waals surface area contributed by atoms with Gasteiger partial charge in [-0.15, -0.1) is 0 Å². The molecule has 0 saturated carbocycles. The molecule has 0 aliphatic carbocycles. The number of likely N-dealkylation sites (tertiary alicyclic amines) is 1. The van der Waals surface area contributed by atoms with E-state index < -0.39 is 17.7 Å². The topological polar surface area (TPSA) is 94.5 Å². The molecule has 34 heavy (non-hydrogen) atoms. The van der Waals surface area contributed by atoms with E-state index in [1.165, 1.54) is 19.1 Å². The van der Waals surface area contributed by atoms with Gasteiger partial charge in [0.1, 0.15) is 11.5 Å². The summed E-state index contributed by atoms with van der Waals surface area (Å²) in [5.74, 6) is 0.0273. The molecule has 1 aliphatic heterocycles. The van der Waals surface area contributed by atoms with E-state index >= 15 is 0 Å². The molecule has 1 saturated heterocycles. The van der Waals surface area contributed by atoms with Crippen LogP contribution < -0.4 is 14.2 Å². The number of aryl methyl sites for hydroxylation is 1. The van der Waals surface area contributed by atoms with E-state index in [2.05, 4.69) is 0 Å². The van der Waals surface area contributed by atoms with Gasteiger partial charge in [-0.3, -0.25) is 9.59 Å². The molecule has 0 bridgehead atoms. The molecule has 0 aromatic heterocycles. The molecule has 1 atom stereocenters. The normalized spacial score (nSPS) is 17.2. The fourth-order valence-corrected chi connectivity index (χ4v) is 4.13. The zero-order valence-corrected chi connectivity index (χ0v) is 20.2. The summed E-state index contributed by atoms with van der Waals surface area (Å²) >= 11 is 0. The highest BCUT2D eigenvalue weighted by Crippen LogP contribution is 2.42. The monoisotopic (exact) mass is 469 g/mol. The molecule has 1 aliphatic rings. The number of amides is 1. The second-order valence-corrected chi connectivity index (χ2v) is 7.87. The van der Waals surface area contributed by atoms with Crippen LogP contribution in [0.4, 0.5) is 0 Å². The SMILES string of the molecule is CCOc1ccc(/C(O)=C2/C(=O)C(=O)N(CCCOC)C2c2ccc(OC)c(OC)c2)cc1C. The largest absolute Gasteiger partial charge is 0.507 e. The van der Waals surface area contributed by atoms with Gasteiger partial charge in [-0.25, -0.2) is 0 Å². The number of aliphatic hydroxyl groups excluding tert-OH is 1. The first-order valence-electron chi connectivity index (χ1n) is 11.1. The maximum atomic E-state index is 13.2. The predicted octanol–water partition coefficient (Wildman–Crippen LogP) is 3.87. The molecular weight excluding hydrogens is 438 g/mol. The molecule has 182 valence electrons. The van der Waals surface area contributed by atoms with E-state index in [1.807, 2.05) is 13.8 Å². The molecule has 0 spiro atoms. The van der Waals surface area contributed by atoms with Gasteiger partial charge in [-0.2, -0.15) is 0 Å². The molecule has 8 heteroatoms. The number of rotatable bonds is 10. The minimum atomic E-state index is -0.788. The summed E-state index contributed by atoms with van der Waals surface area (Å²) in [6.45, 7) is 4.98. The third kappa shape index (κ3) is 4.87. The molecule has 1 N–H and O–H groups in total. The van der Waals surface area contributed by atoms with Crippen LogP contribution >= 0.6 is 0 Å². The van der Waals surface area contributed by atoms with Crippen molar-refractivity contribution >= 4 is 17.4 Å². The Bertz CT molecular complexity index is 1090. The van der Waals surface area contributed by atoms with Gasteiger partial charge >= 0.3 is 0 Å². The van der Waals surface area contributed by atoms with E-state index in [-0.39, 0.29) is 17.9 Å². The summed E-state index contributed by atoms with van der Waals surface area (Å²) in [7, 11) is 4.62. The Kier molecular flexibility index (Phi) is 8.17. The van der Waals surface area contributed by atoms with Crippen LogP contribution in [0, 0.1) is 6.92 Å². The number of hydrogen-bond donors (Lipinski definition) is 1. The second kappa shape index (κ2) is 11.1. The van der Waals surface area contributed by atoms with E-state index in [1.54, 1.807) is 43.5 Å². The van der Waals surface area contributed by atoms with E-state index in [4.69, 9.17) is 18.9 Å². The molecule has 2 aromatic carbocycles.